The van der Waals surface area contributed by atoms with Gasteiger partial charge in [-0.2, -0.15) is 0 Å². The minimum atomic E-state index is -1.16. The van der Waals surface area contributed by atoms with Crippen LogP contribution in [0.5, 0.6) is 5.75 Å². The van der Waals surface area contributed by atoms with Crippen LogP contribution >= 0.6 is 0 Å². The lowest BCUT2D eigenvalue weighted by Gasteiger charge is -2.37. The van der Waals surface area contributed by atoms with Crippen LogP contribution < -0.4 is 14.5 Å². The molecular weight excluding hydrogens is 434 g/mol. The van der Waals surface area contributed by atoms with Gasteiger partial charge in [0.05, 0.1) is 17.5 Å². The highest BCUT2D eigenvalue weighted by molar-refractivity contribution is 6.26. The van der Waals surface area contributed by atoms with E-state index in [9.17, 15) is 19.2 Å². The molecule has 3 amide bonds. The number of esters is 1. The Labute approximate surface area is 197 Å². The lowest BCUT2D eigenvalue weighted by molar-refractivity contribution is -0.137. The van der Waals surface area contributed by atoms with Gasteiger partial charge in [-0.3, -0.25) is 24.1 Å². The second-order valence-corrected chi connectivity index (χ2v) is 9.34. The number of carbonyl (C=O) groups is 4. The van der Waals surface area contributed by atoms with Crippen molar-refractivity contribution in [3.05, 3.63) is 54.1 Å². The summed E-state index contributed by atoms with van der Waals surface area (Å²) in [5.74, 6) is -2.16. The molecule has 0 radical (unpaired) electrons. The summed E-state index contributed by atoms with van der Waals surface area (Å²) in [5, 5.41) is 0. The van der Waals surface area contributed by atoms with Gasteiger partial charge >= 0.3 is 5.97 Å². The third kappa shape index (κ3) is 2.46. The number of nitrogens with zero attached hydrogens (tertiary/aromatic N) is 3. The molecule has 34 heavy (non-hydrogen) atoms. The monoisotopic (exact) mass is 459 g/mol. The Morgan fingerprint density at radius 2 is 1.79 bits per heavy atom. The molecule has 8 nitrogen and oxygen atoms in total. The minimum Gasteiger partial charge on any atom is -0.427 e. The highest BCUT2D eigenvalue weighted by atomic mass is 16.5. The van der Waals surface area contributed by atoms with Crippen LogP contribution in [0.2, 0.25) is 0 Å². The molecular formula is C26H25N3O5. The summed E-state index contributed by atoms with van der Waals surface area (Å²) >= 11 is 0. The van der Waals surface area contributed by atoms with Crippen molar-refractivity contribution in [1.82, 2.24) is 4.90 Å². The second-order valence-electron chi connectivity index (χ2n) is 9.34. The molecule has 4 heterocycles. The summed E-state index contributed by atoms with van der Waals surface area (Å²) < 4.78 is 5.09. The number of amides is 3. The second kappa shape index (κ2) is 7.24. The molecule has 4 aliphatic heterocycles. The van der Waals surface area contributed by atoms with Gasteiger partial charge in [-0.15, -0.1) is 0 Å². The maximum Gasteiger partial charge on any atom is 0.308 e. The molecule has 3 saturated heterocycles. The molecule has 4 aliphatic rings. The van der Waals surface area contributed by atoms with Crippen molar-refractivity contribution in [3.63, 3.8) is 0 Å². The van der Waals surface area contributed by atoms with Gasteiger partial charge in [0.25, 0.3) is 5.91 Å². The summed E-state index contributed by atoms with van der Waals surface area (Å²) in [6, 6.07) is 13.9. The number of hydrogen-bond acceptors (Lipinski definition) is 6. The maximum absolute atomic E-state index is 14.1. The Morgan fingerprint density at radius 1 is 1.06 bits per heavy atom. The summed E-state index contributed by atoms with van der Waals surface area (Å²) in [6.07, 6.45) is 1.67. The highest BCUT2D eigenvalue weighted by Crippen LogP contribution is 2.61. The molecule has 4 atom stereocenters. The van der Waals surface area contributed by atoms with Crippen molar-refractivity contribution >= 4 is 35.1 Å². The summed E-state index contributed by atoms with van der Waals surface area (Å²) in [4.78, 5) is 58.3. The van der Waals surface area contributed by atoms with Gasteiger partial charge in [0, 0.05) is 30.8 Å². The first-order valence-corrected chi connectivity index (χ1v) is 11.8. The zero-order valence-electron chi connectivity index (χ0n) is 19.1. The molecule has 0 N–H and O–H groups in total. The van der Waals surface area contributed by atoms with E-state index in [2.05, 4.69) is 4.90 Å². The van der Waals surface area contributed by atoms with E-state index >= 15 is 0 Å². The molecule has 0 aliphatic carbocycles. The molecule has 6 rings (SSSR count). The molecule has 0 unspecified atom stereocenters. The summed E-state index contributed by atoms with van der Waals surface area (Å²) in [7, 11) is 0. The van der Waals surface area contributed by atoms with Crippen molar-refractivity contribution in [1.29, 1.82) is 0 Å². The third-order valence-corrected chi connectivity index (χ3v) is 7.82. The Kier molecular flexibility index (Phi) is 4.48. The zero-order valence-corrected chi connectivity index (χ0v) is 19.1. The van der Waals surface area contributed by atoms with E-state index in [4.69, 9.17) is 4.74 Å². The number of hydrogen-bond donors (Lipinski definition) is 0. The molecule has 1 spiro atoms. The van der Waals surface area contributed by atoms with Crippen molar-refractivity contribution in [2.75, 3.05) is 22.9 Å². The van der Waals surface area contributed by atoms with Crippen LogP contribution in [0.4, 0.5) is 11.4 Å². The molecule has 2 aromatic carbocycles. The number of anilines is 2. The number of para-hydroxylation sites is 1. The van der Waals surface area contributed by atoms with Crippen molar-refractivity contribution < 1.29 is 23.9 Å². The SMILES string of the molecule is CCN1C(=O)[C@@]2(c3ccccc31)[C@H]1C(=O)N(c3ccc(OC(C)=O)cc3)C(=O)[C@@H]1[C@H]1CCCN12. The number of likely N-dealkylation sites (N-methyl/N-ethyl adjacent to an activating group) is 1. The zero-order chi connectivity index (χ0) is 23.8. The molecule has 2 aromatic rings. The number of benzene rings is 2. The van der Waals surface area contributed by atoms with E-state index in [-0.39, 0.29) is 23.8 Å². The largest absolute Gasteiger partial charge is 0.427 e. The average Bonchev–Trinajstić information content (AvgIpc) is 3.52. The van der Waals surface area contributed by atoms with Crippen molar-refractivity contribution in [2.45, 2.75) is 38.3 Å². The lowest BCUT2D eigenvalue weighted by atomic mass is 9.75. The number of ether oxygens (including phenoxy) is 1. The van der Waals surface area contributed by atoms with E-state index in [1.54, 1.807) is 29.2 Å². The molecule has 3 fully saturated rings. The highest BCUT2D eigenvalue weighted by Gasteiger charge is 2.75. The van der Waals surface area contributed by atoms with E-state index in [0.29, 0.717) is 24.5 Å². The van der Waals surface area contributed by atoms with E-state index in [1.165, 1.54) is 11.8 Å². The average molecular weight is 460 g/mol. The summed E-state index contributed by atoms with van der Waals surface area (Å²) in [6.45, 7) is 4.43. The van der Waals surface area contributed by atoms with Gasteiger partial charge < -0.3 is 9.64 Å². The molecule has 8 heteroatoms. The van der Waals surface area contributed by atoms with E-state index < -0.39 is 23.3 Å². The van der Waals surface area contributed by atoms with Crippen LogP contribution in [0.3, 0.4) is 0 Å². The van der Waals surface area contributed by atoms with Crippen LogP contribution in [0.25, 0.3) is 0 Å². The first kappa shape index (κ1) is 21.0. The standard InChI is InChI=1S/C26H25N3O5/c1-3-27-19-8-5-4-7-18(19)26(25(27)33)22-21(20-9-6-14-28(20)26)23(31)29(24(22)32)16-10-12-17(13-11-16)34-15(2)30/h4-5,7-8,10-13,20-22H,3,6,9,14H2,1-2H3/t20-,21-,22-,26-/m1/s1. The van der Waals surface area contributed by atoms with Crippen LogP contribution in [-0.2, 0) is 24.7 Å². The quantitative estimate of drug-likeness (QED) is 0.398. The predicted octanol–water partition coefficient (Wildman–Crippen LogP) is 2.46. The van der Waals surface area contributed by atoms with Gasteiger partial charge in [0.1, 0.15) is 11.3 Å². The van der Waals surface area contributed by atoms with Gasteiger partial charge in [-0.25, -0.2) is 4.90 Å². The summed E-state index contributed by atoms with van der Waals surface area (Å²) in [5.41, 5.74) is 0.920. The normalized spacial score (nSPS) is 29.7. The van der Waals surface area contributed by atoms with Crippen molar-refractivity contribution in [3.8, 4) is 5.75 Å². The Morgan fingerprint density at radius 3 is 2.50 bits per heavy atom. The fraction of sp³-hybridized carbons (Fsp3) is 0.385. The smallest absolute Gasteiger partial charge is 0.308 e. The lowest BCUT2D eigenvalue weighted by Crippen LogP contribution is -2.56. The van der Waals surface area contributed by atoms with E-state index in [1.807, 2.05) is 31.2 Å². The van der Waals surface area contributed by atoms with Crippen LogP contribution in [0.15, 0.2) is 48.5 Å². The third-order valence-electron chi connectivity index (χ3n) is 7.82. The van der Waals surface area contributed by atoms with Crippen LogP contribution in [-0.4, -0.2) is 47.7 Å². The molecule has 0 saturated carbocycles. The fourth-order valence-corrected chi connectivity index (χ4v) is 6.74. The number of carbonyl (C=O) groups excluding carboxylic acids is 4. The predicted molar refractivity (Wildman–Crippen MR) is 123 cm³/mol. The number of rotatable bonds is 3. The Bertz CT molecular complexity index is 1240. The van der Waals surface area contributed by atoms with E-state index in [0.717, 1.165) is 24.1 Å². The van der Waals surface area contributed by atoms with Gasteiger partial charge in [0.2, 0.25) is 11.8 Å². The van der Waals surface area contributed by atoms with Crippen LogP contribution in [0.1, 0.15) is 32.3 Å². The van der Waals surface area contributed by atoms with Crippen molar-refractivity contribution in [2.24, 2.45) is 11.8 Å². The van der Waals surface area contributed by atoms with Gasteiger partial charge in [-0.1, -0.05) is 18.2 Å². The Hall–Kier alpha value is -3.52. The molecule has 0 bridgehead atoms. The van der Waals surface area contributed by atoms with Gasteiger partial charge in [0.15, 0.2) is 0 Å². The minimum absolute atomic E-state index is 0.108. The first-order chi connectivity index (χ1) is 16.4. The number of imide groups is 1. The van der Waals surface area contributed by atoms with Crippen LogP contribution in [0, 0.1) is 11.8 Å². The fourth-order valence-electron chi connectivity index (χ4n) is 6.74. The number of fused-ring (bicyclic) bond motifs is 7. The molecule has 0 aromatic heterocycles. The topological polar surface area (TPSA) is 87.2 Å². The van der Waals surface area contributed by atoms with Gasteiger partial charge in [-0.05, 0) is 56.6 Å². The molecule has 174 valence electrons. The maximum atomic E-state index is 14.1. The first-order valence-electron chi connectivity index (χ1n) is 11.8. The Balaban J connectivity index is 1.48.